The van der Waals surface area contributed by atoms with Gasteiger partial charge in [-0.1, -0.05) is 30.3 Å². The Morgan fingerprint density at radius 1 is 1.05 bits per heavy atom. The second-order valence-electron chi connectivity index (χ2n) is 5.45. The van der Waals surface area contributed by atoms with E-state index in [1.807, 2.05) is 42.5 Å². The lowest BCUT2D eigenvalue weighted by molar-refractivity contribution is 0.104. The van der Waals surface area contributed by atoms with E-state index in [9.17, 15) is 9.90 Å². The maximum Gasteiger partial charge on any atom is 0.189 e. The van der Waals surface area contributed by atoms with Crippen molar-refractivity contribution < 1.29 is 9.90 Å². The number of carbonyl (C=O) groups excluding carboxylic acids is 1. The van der Waals surface area contributed by atoms with Crippen LogP contribution in [0.3, 0.4) is 0 Å². The number of Topliss-reactive ketones (excluding diaryl/α,β-unsaturated/α-hetero) is 1. The summed E-state index contributed by atoms with van der Waals surface area (Å²) in [4.78, 5) is 17.0. The first kappa shape index (κ1) is 12.8. The van der Waals surface area contributed by atoms with Crippen LogP contribution >= 0.6 is 0 Å². The van der Waals surface area contributed by atoms with Gasteiger partial charge in [0.1, 0.15) is 5.75 Å². The third-order valence-corrected chi connectivity index (χ3v) is 3.95. The van der Waals surface area contributed by atoms with Crippen molar-refractivity contribution in [1.82, 2.24) is 4.98 Å². The van der Waals surface area contributed by atoms with Gasteiger partial charge in [0.2, 0.25) is 0 Å². The number of hydrogen-bond donors (Lipinski definition) is 1. The molecule has 3 aromatic rings. The van der Waals surface area contributed by atoms with E-state index in [1.165, 1.54) is 6.07 Å². The fraction of sp³-hybridized carbons (Fsp3) is 0.0526. The molecular weight excluding hydrogens is 274 g/mol. The topological polar surface area (TPSA) is 50.2 Å². The normalized spacial score (nSPS) is 15.5. The van der Waals surface area contributed by atoms with E-state index in [-0.39, 0.29) is 11.5 Å². The van der Waals surface area contributed by atoms with Crippen LogP contribution in [0.2, 0.25) is 0 Å². The van der Waals surface area contributed by atoms with E-state index < -0.39 is 0 Å². The molecule has 22 heavy (non-hydrogen) atoms. The van der Waals surface area contributed by atoms with Gasteiger partial charge in [-0.15, -0.1) is 0 Å². The van der Waals surface area contributed by atoms with Gasteiger partial charge in [-0.2, -0.15) is 0 Å². The Labute approximate surface area is 127 Å². The first-order valence-electron chi connectivity index (χ1n) is 7.14. The summed E-state index contributed by atoms with van der Waals surface area (Å²) >= 11 is 0. The number of phenols is 1. The zero-order chi connectivity index (χ0) is 15.1. The number of aromatic hydroxyl groups is 1. The van der Waals surface area contributed by atoms with Crippen LogP contribution in [-0.2, 0) is 6.42 Å². The molecule has 1 aromatic heterocycles. The molecule has 1 aliphatic rings. The Hall–Kier alpha value is -2.94. The van der Waals surface area contributed by atoms with Crippen molar-refractivity contribution in [2.24, 2.45) is 0 Å². The SMILES string of the molecule is O=C1C(=Cc2ccc3ccccc3n2)Cc2ccc(O)cc21. The van der Waals surface area contributed by atoms with Gasteiger partial charge in [-0.05, 0) is 35.9 Å². The molecule has 3 heteroatoms. The fourth-order valence-electron chi connectivity index (χ4n) is 2.85. The zero-order valence-corrected chi connectivity index (χ0v) is 11.8. The first-order valence-corrected chi connectivity index (χ1v) is 7.14. The Morgan fingerprint density at radius 2 is 1.91 bits per heavy atom. The van der Waals surface area contributed by atoms with Gasteiger partial charge >= 0.3 is 0 Å². The predicted octanol–water partition coefficient (Wildman–Crippen LogP) is 3.76. The van der Waals surface area contributed by atoms with Crippen molar-refractivity contribution in [1.29, 1.82) is 0 Å². The van der Waals surface area contributed by atoms with Gasteiger partial charge in [0, 0.05) is 22.9 Å². The van der Waals surface area contributed by atoms with Gasteiger partial charge < -0.3 is 5.11 Å². The van der Waals surface area contributed by atoms with E-state index in [1.54, 1.807) is 12.1 Å². The Morgan fingerprint density at radius 3 is 2.82 bits per heavy atom. The number of benzene rings is 2. The molecule has 0 aliphatic heterocycles. The smallest absolute Gasteiger partial charge is 0.189 e. The maximum atomic E-state index is 12.4. The molecule has 0 saturated carbocycles. The van der Waals surface area contributed by atoms with Crippen LogP contribution in [0.4, 0.5) is 0 Å². The van der Waals surface area contributed by atoms with Crippen LogP contribution in [0.5, 0.6) is 5.75 Å². The molecular formula is C19H13NO2. The molecule has 0 spiro atoms. The second-order valence-corrected chi connectivity index (χ2v) is 5.45. The van der Waals surface area contributed by atoms with Crippen molar-refractivity contribution >= 4 is 22.8 Å². The summed E-state index contributed by atoms with van der Waals surface area (Å²) in [6, 6.07) is 16.8. The van der Waals surface area contributed by atoms with Crippen LogP contribution < -0.4 is 0 Å². The average Bonchev–Trinajstić information content (AvgIpc) is 2.83. The van der Waals surface area contributed by atoms with Crippen LogP contribution in [-0.4, -0.2) is 15.9 Å². The molecule has 1 aliphatic carbocycles. The lowest BCUT2D eigenvalue weighted by Crippen LogP contribution is -1.95. The highest BCUT2D eigenvalue weighted by atomic mass is 16.3. The standard InChI is InChI=1S/C19H13NO2/c21-16-8-6-13-9-14(19(22)17(13)11-16)10-15-7-5-12-3-1-2-4-18(12)20-15/h1-8,10-11,21H,9H2. The molecule has 4 rings (SSSR count). The van der Waals surface area contributed by atoms with Crippen molar-refractivity contribution in [3.05, 3.63) is 77.0 Å². The summed E-state index contributed by atoms with van der Waals surface area (Å²) < 4.78 is 0. The van der Waals surface area contributed by atoms with Gasteiger partial charge in [-0.3, -0.25) is 4.79 Å². The number of pyridine rings is 1. The van der Waals surface area contributed by atoms with Gasteiger partial charge in [-0.25, -0.2) is 4.98 Å². The predicted molar refractivity (Wildman–Crippen MR) is 85.9 cm³/mol. The van der Waals surface area contributed by atoms with Crippen LogP contribution in [0.1, 0.15) is 21.6 Å². The summed E-state index contributed by atoms with van der Waals surface area (Å²) in [5, 5.41) is 10.6. The minimum atomic E-state index is -0.0270. The number of rotatable bonds is 1. The van der Waals surface area contributed by atoms with Crippen molar-refractivity contribution in [2.75, 3.05) is 0 Å². The third-order valence-electron chi connectivity index (χ3n) is 3.95. The zero-order valence-electron chi connectivity index (χ0n) is 11.8. The molecule has 1 N–H and O–H groups in total. The number of carbonyl (C=O) groups is 1. The molecule has 0 saturated heterocycles. The van der Waals surface area contributed by atoms with Crippen LogP contribution in [0, 0.1) is 0 Å². The molecule has 106 valence electrons. The van der Waals surface area contributed by atoms with Crippen molar-refractivity contribution in [2.45, 2.75) is 6.42 Å². The first-order chi connectivity index (χ1) is 10.7. The summed E-state index contributed by atoms with van der Waals surface area (Å²) in [6.07, 6.45) is 2.43. The highest BCUT2D eigenvalue weighted by molar-refractivity contribution is 6.15. The highest BCUT2D eigenvalue weighted by Gasteiger charge is 2.25. The lowest BCUT2D eigenvalue weighted by Gasteiger charge is -2.00. The molecule has 3 nitrogen and oxygen atoms in total. The number of aromatic nitrogens is 1. The number of allylic oxidation sites excluding steroid dienone is 1. The van der Waals surface area contributed by atoms with Crippen molar-refractivity contribution in [3.8, 4) is 5.75 Å². The highest BCUT2D eigenvalue weighted by Crippen LogP contribution is 2.30. The number of fused-ring (bicyclic) bond motifs is 2. The minimum absolute atomic E-state index is 0.0270. The summed E-state index contributed by atoms with van der Waals surface area (Å²) in [7, 11) is 0. The minimum Gasteiger partial charge on any atom is -0.508 e. The number of phenolic OH excluding ortho intramolecular Hbond substituents is 1. The van der Waals surface area contributed by atoms with Crippen molar-refractivity contribution in [3.63, 3.8) is 0 Å². The number of nitrogens with zero attached hydrogens (tertiary/aromatic N) is 1. The van der Waals surface area contributed by atoms with Gasteiger partial charge in [0.15, 0.2) is 5.78 Å². The second kappa shape index (κ2) is 4.81. The van der Waals surface area contributed by atoms with E-state index in [0.717, 1.165) is 22.2 Å². The molecule has 0 fully saturated rings. The fourth-order valence-corrected chi connectivity index (χ4v) is 2.85. The van der Waals surface area contributed by atoms with E-state index in [0.29, 0.717) is 17.6 Å². The Bertz CT molecular complexity index is 941. The quantitative estimate of drug-likeness (QED) is 0.693. The van der Waals surface area contributed by atoms with Gasteiger partial charge in [0.25, 0.3) is 0 Å². The van der Waals surface area contributed by atoms with Gasteiger partial charge in [0.05, 0.1) is 11.2 Å². The molecule has 0 radical (unpaired) electrons. The molecule has 0 amide bonds. The summed E-state index contributed by atoms with van der Waals surface area (Å²) in [5.74, 6) is 0.0954. The van der Waals surface area contributed by atoms with E-state index in [4.69, 9.17) is 0 Å². The largest absolute Gasteiger partial charge is 0.508 e. The monoisotopic (exact) mass is 287 g/mol. The third kappa shape index (κ3) is 2.07. The Balaban J connectivity index is 1.75. The summed E-state index contributed by atoms with van der Waals surface area (Å²) in [6.45, 7) is 0. The van der Waals surface area contributed by atoms with E-state index >= 15 is 0 Å². The van der Waals surface area contributed by atoms with Crippen LogP contribution in [0.25, 0.3) is 17.0 Å². The number of hydrogen-bond acceptors (Lipinski definition) is 3. The average molecular weight is 287 g/mol. The molecule has 1 heterocycles. The number of ketones is 1. The molecule has 0 bridgehead atoms. The van der Waals surface area contributed by atoms with E-state index in [2.05, 4.69) is 4.98 Å². The number of para-hydroxylation sites is 1. The lowest BCUT2D eigenvalue weighted by atomic mass is 10.1. The molecule has 0 unspecified atom stereocenters. The molecule has 0 atom stereocenters. The Kier molecular flexibility index (Phi) is 2.79. The maximum absolute atomic E-state index is 12.4. The molecule has 2 aromatic carbocycles. The van der Waals surface area contributed by atoms with Crippen LogP contribution in [0.15, 0.2) is 60.2 Å². The summed E-state index contributed by atoms with van der Waals surface area (Å²) in [5.41, 5.74) is 3.95.